The molecule has 0 aromatic heterocycles. The lowest BCUT2D eigenvalue weighted by Gasteiger charge is -2.32. The maximum Gasteiger partial charge on any atom is 0.0788 e. The van der Waals surface area contributed by atoms with E-state index in [9.17, 15) is 0 Å². The molecule has 3 unspecified atom stereocenters. The zero-order chi connectivity index (χ0) is 14.3. The van der Waals surface area contributed by atoms with E-state index in [1.54, 1.807) is 0 Å². The third-order valence-corrected chi connectivity index (χ3v) is 5.22. The van der Waals surface area contributed by atoms with E-state index in [4.69, 9.17) is 10.5 Å². The summed E-state index contributed by atoms with van der Waals surface area (Å²) in [5.74, 6) is 1.30. The number of ether oxygens (including phenoxy) is 1. The van der Waals surface area contributed by atoms with Crippen molar-refractivity contribution >= 4 is 0 Å². The van der Waals surface area contributed by atoms with Gasteiger partial charge in [0.1, 0.15) is 0 Å². The van der Waals surface area contributed by atoms with Gasteiger partial charge < -0.3 is 15.4 Å². The molecule has 0 aliphatic carbocycles. The van der Waals surface area contributed by atoms with Crippen molar-refractivity contribution in [1.82, 2.24) is 4.90 Å². The number of nitrogens with zero attached hydrogens (tertiary/aromatic N) is 1. The molecule has 2 rings (SSSR count). The van der Waals surface area contributed by atoms with Crippen LogP contribution in [0.3, 0.4) is 0 Å². The Balaban J connectivity index is 2.01. The molecule has 0 saturated carbocycles. The van der Waals surface area contributed by atoms with Gasteiger partial charge in [0.15, 0.2) is 0 Å². The highest BCUT2D eigenvalue weighted by molar-refractivity contribution is 5.04. The van der Waals surface area contributed by atoms with Crippen LogP contribution in [-0.4, -0.2) is 41.8 Å². The molecule has 112 valence electrons. The molecule has 2 heterocycles. The average Bonchev–Trinajstić information content (AvgIpc) is 2.46. The molecule has 2 saturated heterocycles. The molecule has 19 heavy (non-hydrogen) atoms. The van der Waals surface area contributed by atoms with Crippen LogP contribution in [0.5, 0.6) is 0 Å². The molecular weight excluding hydrogens is 236 g/mol. The molecule has 0 bridgehead atoms. The molecule has 2 aliphatic heterocycles. The molecule has 0 radical (unpaired) electrons. The Labute approximate surface area is 118 Å². The number of nitrogens with two attached hydrogens (primary N) is 1. The fourth-order valence-electron chi connectivity index (χ4n) is 3.86. The molecule has 0 aromatic carbocycles. The zero-order valence-corrected chi connectivity index (χ0v) is 13.4. The van der Waals surface area contributed by atoms with Gasteiger partial charge in [-0.3, -0.25) is 0 Å². The standard InChI is InChI=1S/C16H32N2O/c1-12-7-6-9-18(10-8-12)11-13-14(17)16(4,5)19-15(13,2)3/h12-14H,6-11,17H2,1-5H3. The molecule has 2 aliphatic rings. The van der Waals surface area contributed by atoms with Crippen molar-refractivity contribution in [3.8, 4) is 0 Å². The van der Waals surface area contributed by atoms with Crippen LogP contribution in [0.15, 0.2) is 0 Å². The Bertz CT molecular complexity index is 314. The summed E-state index contributed by atoms with van der Waals surface area (Å²) in [6.07, 6.45) is 4.03. The van der Waals surface area contributed by atoms with Crippen molar-refractivity contribution in [1.29, 1.82) is 0 Å². The van der Waals surface area contributed by atoms with Crippen LogP contribution >= 0.6 is 0 Å². The van der Waals surface area contributed by atoms with Crippen LogP contribution < -0.4 is 5.73 Å². The van der Waals surface area contributed by atoms with Gasteiger partial charge in [-0.05, 0) is 66.0 Å². The minimum absolute atomic E-state index is 0.110. The lowest BCUT2D eigenvalue weighted by atomic mass is 9.82. The fourth-order valence-corrected chi connectivity index (χ4v) is 3.86. The van der Waals surface area contributed by atoms with Crippen LogP contribution in [-0.2, 0) is 4.74 Å². The van der Waals surface area contributed by atoms with Gasteiger partial charge in [0.05, 0.1) is 11.2 Å². The average molecular weight is 268 g/mol. The van der Waals surface area contributed by atoms with E-state index >= 15 is 0 Å². The Morgan fingerprint density at radius 2 is 1.79 bits per heavy atom. The summed E-state index contributed by atoms with van der Waals surface area (Å²) < 4.78 is 6.20. The van der Waals surface area contributed by atoms with Gasteiger partial charge in [-0.15, -0.1) is 0 Å². The van der Waals surface area contributed by atoms with E-state index < -0.39 is 0 Å². The Kier molecular flexibility index (Phi) is 4.29. The first-order valence-corrected chi connectivity index (χ1v) is 7.90. The lowest BCUT2D eigenvalue weighted by molar-refractivity contribution is -0.0784. The lowest BCUT2D eigenvalue weighted by Crippen LogP contribution is -2.48. The predicted molar refractivity (Wildman–Crippen MR) is 80.2 cm³/mol. The van der Waals surface area contributed by atoms with Gasteiger partial charge in [-0.1, -0.05) is 6.92 Å². The van der Waals surface area contributed by atoms with Gasteiger partial charge in [-0.2, -0.15) is 0 Å². The molecule has 2 fully saturated rings. The second kappa shape index (κ2) is 5.34. The van der Waals surface area contributed by atoms with Crippen LogP contribution in [0.25, 0.3) is 0 Å². The van der Waals surface area contributed by atoms with Crippen molar-refractivity contribution in [2.24, 2.45) is 17.6 Å². The Morgan fingerprint density at radius 1 is 1.11 bits per heavy atom. The van der Waals surface area contributed by atoms with Gasteiger partial charge in [0.2, 0.25) is 0 Å². The van der Waals surface area contributed by atoms with Crippen LogP contribution in [0.4, 0.5) is 0 Å². The van der Waals surface area contributed by atoms with Crippen molar-refractivity contribution in [2.75, 3.05) is 19.6 Å². The predicted octanol–water partition coefficient (Wildman–Crippen LogP) is 2.64. The van der Waals surface area contributed by atoms with Crippen molar-refractivity contribution in [2.45, 2.75) is 71.1 Å². The van der Waals surface area contributed by atoms with Crippen molar-refractivity contribution in [3.05, 3.63) is 0 Å². The minimum Gasteiger partial charge on any atom is -0.368 e. The minimum atomic E-state index is -0.201. The third-order valence-electron chi connectivity index (χ3n) is 5.22. The van der Waals surface area contributed by atoms with E-state index in [0.717, 1.165) is 12.5 Å². The number of hydrogen-bond acceptors (Lipinski definition) is 3. The topological polar surface area (TPSA) is 38.5 Å². The van der Waals surface area contributed by atoms with Crippen molar-refractivity contribution in [3.63, 3.8) is 0 Å². The summed E-state index contributed by atoms with van der Waals surface area (Å²) >= 11 is 0. The summed E-state index contributed by atoms with van der Waals surface area (Å²) in [7, 11) is 0. The van der Waals surface area contributed by atoms with Crippen molar-refractivity contribution < 1.29 is 4.74 Å². The number of rotatable bonds is 2. The third kappa shape index (κ3) is 3.32. The first-order valence-electron chi connectivity index (χ1n) is 7.90. The Hall–Kier alpha value is -0.120. The molecule has 2 N–H and O–H groups in total. The van der Waals surface area contributed by atoms with E-state index in [1.807, 2.05) is 0 Å². The van der Waals surface area contributed by atoms with Crippen LogP contribution in [0, 0.1) is 11.8 Å². The van der Waals surface area contributed by atoms with E-state index in [1.165, 1.54) is 32.4 Å². The SMILES string of the molecule is CC1CCCN(CC2C(N)C(C)(C)OC2(C)C)CC1. The molecular formula is C16H32N2O. The van der Waals surface area contributed by atoms with Gasteiger partial charge in [0.25, 0.3) is 0 Å². The number of hydrogen-bond donors (Lipinski definition) is 1. The zero-order valence-electron chi connectivity index (χ0n) is 13.4. The largest absolute Gasteiger partial charge is 0.368 e. The summed E-state index contributed by atoms with van der Waals surface area (Å²) in [6, 6.07) is 0.128. The van der Waals surface area contributed by atoms with Crippen LogP contribution in [0.1, 0.15) is 53.9 Å². The normalized spacial score (nSPS) is 39.2. The summed E-state index contributed by atoms with van der Waals surface area (Å²) in [4.78, 5) is 2.61. The quantitative estimate of drug-likeness (QED) is 0.837. The van der Waals surface area contributed by atoms with Gasteiger partial charge in [-0.25, -0.2) is 0 Å². The molecule has 0 amide bonds. The van der Waals surface area contributed by atoms with Crippen LogP contribution in [0.2, 0.25) is 0 Å². The second-order valence-electron chi connectivity index (χ2n) is 7.78. The molecule has 3 nitrogen and oxygen atoms in total. The number of likely N-dealkylation sites (tertiary alicyclic amines) is 1. The summed E-state index contributed by atoms with van der Waals surface area (Å²) in [6.45, 7) is 14.6. The second-order valence-corrected chi connectivity index (χ2v) is 7.78. The van der Waals surface area contributed by atoms with Gasteiger partial charge >= 0.3 is 0 Å². The fraction of sp³-hybridized carbons (Fsp3) is 1.00. The highest BCUT2D eigenvalue weighted by Gasteiger charge is 2.52. The first-order chi connectivity index (χ1) is 8.72. The van der Waals surface area contributed by atoms with E-state index in [-0.39, 0.29) is 17.2 Å². The van der Waals surface area contributed by atoms with E-state index in [0.29, 0.717) is 5.92 Å². The first kappa shape index (κ1) is 15.3. The highest BCUT2D eigenvalue weighted by atomic mass is 16.5. The molecule has 0 spiro atoms. The maximum absolute atomic E-state index is 6.46. The summed E-state index contributed by atoms with van der Waals surface area (Å²) in [5, 5.41) is 0. The smallest absolute Gasteiger partial charge is 0.0788 e. The highest BCUT2D eigenvalue weighted by Crippen LogP contribution is 2.41. The van der Waals surface area contributed by atoms with E-state index in [2.05, 4.69) is 39.5 Å². The monoisotopic (exact) mass is 268 g/mol. The maximum atomic E-state index is 6.46. The molecule has 0 aromatic rings. The molecule has 3 atom stereocenters. The molecule has 3 heteroatoms. The van der Waals surface area contributed by atoms with Gasteiger partial charge in [0, 0.05) is 18.5 Å². The Morgan fingerprint density at radius 3 is 2.37 bits per heavy atom. The summed E-state index contributed by atoms with van der Waals surface area (Å²) in [5.41, 5.74) is 6.15.